The van der Waals surface area contributed by atoms with Crippen molar-refractivity contribution in [2.75, 3.05) is 23.4 Å². The number of aromatic nitrogens is 2. The minimum absolute atomic E-state index is 0.00166. The number of morpholine rings is 1. The van der Waals surface area contributed by atoms with Crippen molar-refractivity contribution in [3.05, 3.63) is 16.4 Å². The monoisotopic (exact) mass is 268 g/mol. The summed E-state index contributed by atoms with van der Waals surface area (Å²) in [6.07, 6.45) is 1.21. The van der Waals surface area contributed by atoms with Gasteiger partial charge in [0.2, 0.25) is 11.6 Å². The van der Waals surface area contributed by atoms with Gasteiger partial charge in [-0.2, -0.15) is 0 Å². The summed E-state index contributed by atoms with van der Waals surface area (Å²) in [6.45, 7) is 4.90. The van der Waals surface area contributed by atoms with Gasteiger partial charge < -0.3 is 15.1 Å². The van der Waals surface area contributed by atoms with Gasteiger partial charge in [-0.05, 0) is 13.8 Å². The van der Waals surface area contributed by atoms with Gasteiger partial charge >= 0.3 is 5.69 Å². The summed E-state index contributed by atoms with van der Waals surface area (Å²) in [5.74, 6) is 5.51. The second-order valence-corrected chi connectivity index (χ2v) is 4.46. The third kappa shape index (κ3) is 2.71. The molecule has 1 aromatic rings. The van der Waals surface area contributed by atoms with Gasteiger partial charge in [0, 0.05) is 13.1 Å². The first-order chi connectivity index (χ1) is 9.02. The molecular weight excluding hydrogens is 252 g/mol. The highest BCUT2D eigenvalue weighted by molar-refractivity contribution is 5.70. The highest BCUT2D eigenvalue weighted by Crippen LogP contribution is 2.32. The fraction of sp³-hybridized carbons (Fsp3) is 0.600. The molecule has 0 bridgehead atoms. The lowest BCUT2D eigenvalue weighted by Crippen LogP contribution is -2.46. The van der Waals surface area contributed by atoms with Crippen LogP contribution >= 0.6 is 0 Å². The van der Waals surface area contributed by atoms with Crippen molar-refractivity contribution in [3.8, 4) is 0 Å². The smallest absolute Gasteiger partial charge is 0.354 e. The molecule has 0 spiro atoms. The summed E-state index contributed by atoms with van der Waals surface area (Å²) in [5, 5.41) is 11.2. The van der Waals surface area contributed by atoms with Crippen molar-refractivity contribution in [2.45, 2.75) is 26.1 Å². The SMILES string of the molecule is CC1CN(c2ncnc(NN)c2[N+](=O)[O-])CC(C)O1. The zero-order valence-corrected chi connectivity index (χ0v) is 10.7. The van der Waals surface area contributed by atoms with Crippen molar-refractivity contribution >= 4 is 17.3 Å². The Morgan fingerprint density at radius 3 is 2.63 bits per heavy atom. The summed E-state index contributed by atoms with van der Waals surface area (Å²) >= 11 is 0. The molecule has 1 aliphatic heterocycles. The Kier molecular flexibility index (Phi) is 3.76. The van der Waals surface area contributed by atoms with Crippen molar-refractivity contribution in [2.24, 2.45) is 5.84 Å². The predicted molar refractivity (Wildman–Crippen MR) is 68.7 cm³/mol. The largest absolute Gasteiger partial charge is 0.372 e. The van der Waals surface area contributed by atoms with E-state index in [4.69, 9.17) is 10.6 Å². The maximum Gasteiger partial charge on any atom is 0.354 e. The molecule has 1 saturated heterocycles. The van der Waals surface area contributed by atoms with Crippen LogP contribution in [0.4, 0.5) is 17.3 Å². The first-order valence-corrected chi connectivity index (χ1v) is 5.89. The molecule has 2 unspecified atom stereocenters. The minimum Gasteiger partial charge on any atom is -0.372 e. The molecule has 2 rings (SSSR count). The van der Waals surface area contributed by atoms with Gasteiger partial charge in [-0.1, -0.05) is 0 Å². The van der Waals surface area contributed by atoms with Gasteiger partial charge in [-0.25, -0.2) is 15.8 Å². The van der Waals surface area contributed by atoms with E-state index in [2.05, 4.69) is 15.4 Å². The van der Waals surface area contributed by atoms with E-state index >= 15 is 0 Å². The van der Waals surface area contributed by atoms with Crippen LogP contribution in [0.5, 0.6) is 0 Å². The number of nitrogens with two attached hydrogens (primary N) is 1. The van der Waals surface area contributed by atoms with E-state index in [1.54, 1.807) is 0 Å². The summed E-state index contributed by atoms with van der Waals surface area (Å²) in [7, 11) is 0. The van der Waals surface area contributed by atoms with E-state index in [0.29, 0.717) is 13.1 Å². The molecule has 0 radical (unpaired) electrons. The molecule has 104 valence electrons. The summed E-state index contributed by atoms with van der Waals surface area (Å²) in [6, 6.07) is 0. The first-order valence-electron chi connectivity index (χ1n) is 5.89. The van der Waals surface area contributed by atoms with Crippen LogP contribution in [-0.4, -0.2) is 40.2 Å². The van der Waals surface area contributed by atoms with Gasteiger partial charge in [0.05, 0.1) is 17.1 Å². The number of hydrogen-bond acceptors (Lipinski definition) is 8. The second kappa shape index (κ2) is 5.33. The van der Waals surface area contributed by atoms with E-state index < -0.39 is 4.92 Å². The molecule has 2 atom stereocenters. The van der Waals surface area contributed by atoms with E-state index in [0.717, 1.165) is 0 Å². The second-order valence-electron chi connectivity index (χ2n) is 4.46. The van der Waals surface area contributed by atoms with Crippen LogP contribution in [0.25, 0.3) is 0 Å². The minimum atomic E-state index is -0.532. The highest BCUT2D eigenvalue weighted by atomic mass is 16.6. The lowest BCUT2D eigenvalue weighted by atomic mass is 10.2. The van der Waals surface area contributed by atoms with E-state index in [1.807, 2.05) is 18.7 Å². The number of nitro groups is 1. The molecule has 9 nitrogen and oxygen atoms in total. The maximum absolute atomic E-state index is 11.2. The van der Waals surface area contributed by atoms with Crippen LogP contribution in [0.15, 0.2) is 6.33 Å². The number of hydrogen-bond donors (Lipinski definition) is 2. The highest BCUT2D eigenvalue weighted by Gasteiger charge is 2.31. The number of anilines is 2. The van der Waals surface area contributed by atoms with Crippen LogP contribution in [0, 0.1) is 10.1 Å². The summed E-state index contributed by atoms with van der Waals surface area (Å²) < 4.78 is 5.60. The zero-order valence-electron chi connectivity index (χ0n) is 10.7. The standard InChI is InChI=1S/C10H16N6O3/c1-6-3-15(4-7(2)19-6)10-8(16(17)18)9(14-11)12-5-13-10/h5-7H,3-4,11H2,1-2H3,(H,12,13,14). The molecule has 1 aliphatic rings. The summed E-state index contributed by atoms with van der Waals surface area (Å²) in [4.78, 5) is 20.3. The molecule has 0 amide bonds. The van der Waals surface area contributed by atoms with Crippen LogP contribution in [0.3, 0.4) is 0 Å². The average Bonchev–Trinajstić information content (AvgIpc) is 2.36. The Morgan fingerprint density at radius 2 is 2.11 bits per heavy atom. The quantitative estimate of drug-likeness (QED) is 0.456. The van der Waals surface area contributed by atoms with Gasteiger partial charge in [-0.3, -0.25) is 10.1 Å². The van der Waals surface area contributed by atoms with Crippen molar-refractivity contribution in [1.29, 1.82) is 0 Å². The normalized spacial score (nSPS) is 23.2. The number of hydrazine groups is 1. The number of nitrogens with zero attached hydrogens (tertiary/aromatic N) is 4. The Balaban J connectivity index is 2.41. The average molecular weight is 268 g/mol. The fourth-order valence-electron chi connectivity index (χ4n) is 2.23. The van der Waals surface area contributed by atoms with Gasteiger partial charge in [0.25, 0.3) is 0 Å². The van der Waals surface area contributed by atoms with E-state index in [1.165, 1.54) is 6.33 Å². The molecule has 3 N–H and O–H groups in total. The maximum atomic E-state index is 11.2. The fourth-order valence-corrected chi connectivity index (χ4v) is 2.23. The Labute approximate surface area is 109 Å². The molecule has 2 heterocycles. The summed E-state index contributed by atoms with van der Waals surface area (Å²) in [5.41, 5.74) is 2.01. The van der Waals surface area contributed by atoms with Crippen LogP contribution in [-0.2, 0) is 4.74 Å². The molecule has 0 aromatic carbocycles. The topological polar surface area (TPSA) is 119 Å². The Bertz CT molecular complexity index is 472. The molecular formula is C10H16N6O3. The third-order valence-corrected chi connectivity index (χ3v) is 2.84. The number of rotatable bonds is 3. The van der Waals surface area contributed by atoms with Crippen molar-refractivity contribution in [1.82, 2.24) is 9.97 Å². The van der Waals surface area contributed by atoms with Crippen LogP contribution in [0.2, 0.25) is 0 Å². The van der Waals surface area contributed by atoms with Crippen LogP contribution < -0.4 is 16.2 Å². The molecule has 1 aromatic heterocycles. The van der Waals surface area contributed by atoms with E-state index in [-0.39, 0.29) is 29.5 Å². The molecule has 19 heavy (non-hydrogen) atoms. The van der Waals surface area contributed by atoms with Crippen molar-refractivity contribution < 1.29 is 9.66 Å². The van der Waals surface area contributed by atoms with Crippen molar-refractivity contribution in [3.63, 3.8) is 0 Å². The van der Waals surface area contributed by atoms with E-state index in [9.17, 15) is 10.1 Å². The van der Waals surface area contributed by atoms with Gasteiger partial charge in [-0.15, -0.1) is 0 Å². The lowest BCUT2D eigenvalue weighted by molar-refractivity contribution is -0.383. The number of nitrogens with one attached hydrogen (secondary N) is 1. The van der Waals surface area contributed by atoms with Gasteiger partial charge in [0.15, 0.2) is 0 Å². The number of nitrogen functional groups attached to an aromatic ring is 1. The lowest BCUT2D eigenvalue weighted by Gasteiger charge is -2.35. The molecule has 9 heteroatoms. The molecule has 0 saturated carbocycles. The third-order valence-electron chi connectivity index (χ3n) is 2.84. The predicted octanol–water partition coefficient (Wildman–Crippen LogP) is 0.284. The molecule has 0 aliphatic carbocycles. The number of ether oxygens (including phenoxy) is 1. The zero-order chi connectivity index (χ0) is 14.0. The Hall–Kier alpha value is -2.00. The Morgan fingerprint density at radius 1 is 1.47 bits per heavy atom. The van der Waals surface area contributed by atoms with Gasteiger partial charge in [0.1, 0.15) is 6.33 Å². The molecule has 1 fully saturated rings. The van der Waals surface area contributed by atoms with Crippen LogP contribution in [0.1, 0.15) is 13.8 Å². The first kappa shape index (κ1) is 13.4.